The summed E-state index contributed by atoms with van der Waals surface area (Å²) in [6.45, 7) is 3.25. The van der Waals surface area contributed by atoms with Crippen molar-refractivity contribution in [2.24, 2.45) is 4.99 Å². The van der Waals surface area contributed by atoms with Crippen LogP contribution in [0, 0.1) is 5.82 Å². The highest BCUT2D eigenvalue weighted by Crippen LogP contribution is 2.39. The number of carbonyl (C=O) groups is 2. The molecule has 4 rings (SSSR count). The maximum atomic E-state index is 14.8. The number of aromatic nitrogens is 1. The van der Waals surface area contributed by atoms with Crippen LogP contribution in [0.25, 0.3) is 5.57 Å². The van der Waals surface area contributed by atoms with E-state index < -0.39 is 11.6 Å². The third-order valence-electron chi connectivity index (χ3n) is 6.40. The Hall–Kier alpha value is -3.79. The molecular formula is C26H26ClF2N5O3. The Labute approximate surface area is 218 Å². The van der Waals surface area contributed by atoms with Crippen LogP contribution in [0.15, 0.2) is 53.0 Å². The Morgan fingerprint density at radius 3 is 2.65 bits per heavy atom. The first-order valence-electron chi connectivity index (χ1n) is 11.7. The molecule has 1 fully saturated rings. The van der Waals surface area contributed by atoms with Crippen LogP contribution in [0.4, 0.5) is 20.3 Å². The number of aliphatic hydroxyl groups is 1. The van der Waals surface area contributed by atoms with Gasteiger partial charge < -0.3 is 14.9 Å². The fourth-order valence-corrected chi connectivity index (χ4v) is 4.87. The minimum Gasteiger partial charge on any atom is -0.511 e. The number of aliphatic hydroxyl groups excluding tert-OH is 1. The number of halogens is 3. The van der Waals surface area contributed by atoms with E-state index in [1.807, 2.05) is 11.8 Å². The number of para-hydroxylation sites is 1. The largest absolute Gasteiger partial charge is 0.511 e. The molecule has 1 aromatic carbocycles. The molecule has 8 nitrogen and oxygen atoms in total. The summed E-state index contributed by atoms with van der Waals surface area (Å²) in [4.78, 5) is 37.2. The van der Waals surface area contributed by atoms with Crippen molar-refractivity contribution in [3.05, 3.63) is 70.1 Å². The van der Waals surface area contributed by atoms with Gasteiger partial charge in [0.25, 0.3) is 0 Å². The molecule has 1 aliphatic carbocycles. The van der Waals surface area contributed by atoms with Gasteiger partial charge in [0.15, 0.2) is 5.82 Å². The van der Waals surface area contributed by atoms with Crippen molar-refractivity contribution in [3.8, 4) is 0 Å². The smallest absolute Gasteiger partial charge is 0.220 e. The number of anilines is 2. The first-order chi connectivity index (χ1) is 17.8. The Morgan fingerprint density at radius 2 is 2.03 bits per heavy atom. The van der Waals surface area contributed by atoms with Crippen LogP contribution in [-0.4, -0.2) is 71.3 Å². The minimum absolute atomic E-state index is 0.0189. The lowest BCUT2D eigenvalue weighted by Crippen LogP contribution is -2.53. The summed E-state index contributed by atoms with van der Waals surface area (Å²) in [6, 6.07) is 7.01. The average molecular weight is 530 g/mol. The summed E-state index contributed by atoms with van der Waals surface area (Å²) in [5.74, 6) is -1.21. The molecule has 0 bridgehead atoms. The van der Waals surface area contributed by atoms with Crippen LogP contribution < -0.4 is 4.90 Å². The van der Waals surface area contributed by atoms with Crippen LogP contribution >= 0.6 is 11.6 Å². The van der Waals surface area contributed by atoms with Gasteiger partial charge in [-0.2, -0.15) is 0 Å². The van der Waals surface area contributed by atoms with Crippen molar-refractivity contribution < 1.29 is 23.5 Å². The monoisotopic (exact) mass is 529 g/mol. The second-order valence-corrected chi connectivity index (χ2v) is 9.13. The molecule has 194 valence electrons. The molecule has 2 aromatic rings. The van der Waals surface area contributed by atoms with E-state index in [9.17, 15) is 23.5 Å². The van der Waals surface area contributed by atoms with E-state index in [1.165, 1.54) is 30.3 Å². The molecule has 2 heterocycles. The van der Waals surface area contributed by atoms with E-state index in [1.54, 1.807) is 18.0 Å². The third-order valence-corrected chi connectivity index (χ3v) is 6.69. The van der Waals surface area contributed by atoms with Crippen LogP contribution in [-0.2, 0) is 9.59 Å². The number of allylic oxidation sites excluding steroid dienone is 4. The van der Waals surface area contributed by atoms with E-state index in [-0.39, 0.29) is 46.0 Å². The summed E-state index contributed by atoms with van der Waals surface area (Å²) >= 11 is 6.60. The molecule has 0 saturated carbocycles. The summed E-state index contributed by atoms with van der Waals surface area (Å²) in [5.41, 5.74) is -0.0276. The second-order valence-electron chi connectivity index (χ2n) is 8.72. The molecule has 1 atom stereocenters. The van der Waals surface area contributed by atoms with E-state index in [2.05, 4.69) is 9.98 Å². The van der Waals surface area contributed by atoms with Crippen molar-refractivity contribution in [1.29, 1.82) is 0 Å². The van der Waals surface area contributed by atoms with E-state index >= 15 is 0 Å². The van der Waals surface area contributed by atoms with Gasteiger partial charge in [0.2, 0.25) is 12.8 Å². The molecule has 2 amide bonds. The lowest BCUT2D eigenvalue weighted by atomic mass is 9.99. The van der Waals surface area contributed by atoms with Gasteiger partial charge in [-0.05, 0) is 37.6 Å². The number of benzene rings is 1. The molecule has 1 unspecified atom stereocenters. The topological polar surface area (TPSA) is 89.3 Å². The number of nitrogens with zero attached hydrogens (tertiary/aromatic N) is 5. The number of amides is 2. The average Bonchev–Trinajstić information content (AvgIpc) is 2.88. The lowest BCUT2D eigenvalue weighted by molar-refractivity contribution is -0.120. The number of carbonyl (C=O) groups excluding carboxylic acids is 2. The van der Waals surface area contributed by atoms with Gasteiger partial charge in [-0.3, -0.25) is 19.5 Å². The van der Waals surface area contributed by atoms with Gasteiger partial charge in [0, 0.05) is 39.1 Å². The van der Waals surface area contributed by atoms with Gasteiger partial charge in [-0.1, -0.05) is 23.7 Å². The molecule has 0 radical (unpaired) electrons. The SMILES string of the molecule is CN=C(c1cc(Cl)c(C2=C(O)CCC=C2F)nc1N(C=O)c1ccccc1F)N1CCN(C=O)CC1C. The van der Waals surface area contributed by atoms with E-state index in [4.69, 9.17) is 11.6 Å². The van der Waals surface area contributed by atoms with Gasteiger partial charge in [0.05, 0.1) is 27.5 Å². The maximum Gasteiger partial charge on any atom is 0.220 e. The molecule has 1 N–H and O–H groups in total. The Morgan fingerprint density at radius 1 is 1.27 bits per heavy atom. The van der Waals surface area contributed by atoms with Crippen LogP contribution in [0.2, 0.25) is 5.02 Å². The molecule has 1 aromatic heterocycles. The number of pyridine rings is 1. The molecule has 11 heteroatoms. The van der Waals surface area contributed by atoms with Crippen LogP contribution in [0.1, 0.15) is 31.0 Å². The van der Waals surface area contributed by atoms with Crippen LogP contribution in [0.3, 0.4) is 0 Å². The van der Waals surface area contributed by atoms with Crippen LogP contribution in [0.5, 0.6) is 0 Å². The number of rotatable bonds is 6. The van der Waals surface area contributed by atoms with Crippen molar-refractivity contribution >= 4 is 47.3 Å². The third kappa shape index (κ3) is 5.06. The van der Waals surface area contributed by atoms with Crippen molar-refractivity contribution in [3.63, 3.8) is 0 Å². The highest BCUT2D eigenvalue weighted by Gasteiger charge is 2.32. The zero-order valence-electron chi connectivity index (χ0n) is 20.4. The molecular weight excluding hydrogens is 504 g/mol. The van der Waals surface area contributed by atoms with Crippen molar-refractivity contribution in [2.75, 3.05) is 31.6 Å². The Balaban J connectivity index is 1.94. The molecule has 1 aliphatic heterocycles. The number of hydrogen-bond acceptors (Lipinski definition) is 5. The molecule has 1 saturated heterocycles. The summed E-state index contributed by atoms with van der Waals surface area (Å²) < 4.78 is 29.7. The summed E-state index contributed by atoms with van der Waals surface area (Å²) in [7, 11) is 1.56. The van der Waals surface area contributed by atoms with Gasteiger partial charge >= 0.3 is 0 Å². The zero-order chi connectivity index (χ0) is 26.7. The lowest BCUT2D eigenvalue weighted by Gasteiger charge is -2.40. The fourth-order valence-electron chi connectivity index (χ4n) is 4.62. The van der Waals surface area contributed by atoms with Crippen molar-refractivity contribution in [1.82, 2.24) is 14.8 Å². The minimum atomic E-state index is -0.691. The zero-order valence-corrected chi connectivity index (χ0v) is 21.1. The van der Waals surface area contributed by atoms with E-state index in [0.29, 0.717) is 43.9 Å². The molecule has 0 spiro atoms. The van der Waals surface area contributed by atoms with Crippen molar-refractivity contribution in [2.45, 2.75) is 25.8 Å². The Bertz CT molecular complexity index is 1310. The number of aliphatic imine (C=N–C) groups is 1. The highest BCUT2D eigenvalue weighted by molar-refractivity contribution is 6.33. The van der Waals surface area contributed by atoms with Gasteiger partial charge in [-0.15, -0.1) is 0 Å². The predicted octanol–water partition coefficient (Wildman–Crippen LogP) is 4.62. The second kappa shape index (κ2) is 11.1. The fraction of sp³-hybridized carbons (Fsp3) is 0.308. The van der Waals surface area contributed by atoms with Gasteiger partial charge in [0.1, 0.15) is 23.2 Å². The first-order valence-corrected chi connectivity index (χ1v) is 12.1. The summed E-state index contributed by atoms with van der Waals surface area (Å²) in [5, 5.41) is 10.5. The Kier molecular flexibility index (Phi) is 7.87. The quantitative estimate of drug-likeness (QED) is 0.335. The summed E-state index contributed by atoms with van der Waals surface area (Å²) in [6.07, 6.45) is 3.03. The molecule has 2 aliphatic rings. The maximum absolute atomic E-state index is 14.8. The normalized spacial score (nSPS) is 18.6. The first kappa shape index (κ1) is 26.3. The number of amidine groups is 1. The number of piperazine rings is 1. The standard InChI is InChI=1S/C26H26ClF2N5O3/c1-16-13-32(14-35)10-11-33(16)25(30-2)17-12-18(27)24(23-20(29)7-5-9-22(23)37)31-26(17)34(15-36)21-8-4-3-6-19(21)28/h3-4,6-8,12,14-16,37H,5,9-11,13H2,1-2H3. The van der Waals surface area contributed by atoms with E-state index in [0.717, 1.165) is 11.3 Å². The van der Waals surface area contributed by atoms with Gasteiger partial charge in [-0.25, -0.2) is 13.8 Å². The molecule has 37 heavy (non-hydrogen) atoms. The highest BCUT2D eigenvalue weighted by atomic mass is 35.5. The predicted molar refractivity (Wildman–Crippen MR) is 138 cm³/mol. The number of hydrogen-bond donors (Lipinski definition) is 1.